The maximum Gasteiger partial charge on any atom is 0.234 e. The highest BCUT2D eigenvalue weighted by atomic mass is 32.2. The number of nitrogens with one attached hydrogen (secondary N) is 1. The van der Waals surface area contributed by atoms with Gasteiger partial charge in [-0.1, -0.05) is 35.9 Å². The van der Waals surface area contributed by atoms with E-state index >= 15 is 0 Å². The number of aryl methyl sites for hydroxylation is 3. The van der Waals surface area contributed by atoms with Gasteiger partial charge in [0.1, 0.15) is 0 Å². The highest BCUT2D eigenvalue weighted by molar-refractivity contribution is 8.00. The fraction of sp³-hybridized carbons (Fsp3) is 0.222. The van der Waals surface area contributed by atoms with Crippen LogP contribution in [0.15, 0.2) is 41.3 Å². The molecule has 0 saturated carbocycles. The normalized spacial score (nSPS) is 10.4. The predicted octanol–water partition coefficient (Wildman–Crippen LogP) is 2.71. The Morgan fingerprint density at radius 1 is 1.09 bits per heavy atom. The molecule has 2 aromatic rings. The van der Waals surface area contributed by atoms with Crippen molar-refractivity contribution in [2.45, 2.75) is 25.7 Å². The van der Waals surface area contributed by atoms with Gasteiger partial charge in [-0.2, -0.15) is 0 Å². The van der Waals surface area contributed by atoms with Crippen molar-refractivity contribution in [2.24, 2.45) is 0 Å². The van der Waals surface area contributed by atoms with Crippen LogP contribution in [0.1, 0.15) is 27.0 Å². The molecule has 1 N–H and O–H groups in total. The summed E-state index contributed by atoms with van der Waals surface area (Å²) in [6.07, 6.45) is 0. The van der Waals surface area contributed by atoms with Crippen molar-refractivity contribution in [2.75, 3.05) is 11.1 Å². The number of carbonyl (C=O) groups excluding carboxylic acids is 2. The summed E-state index contributed by atoms with van der Waals surface area (Å²) < 4.78 is 0. The van der Waals surface area contributed by atoms with Crippen molar-refractivity contribution in [1.29, 1.82) is 0 Å². The summed E-state index contributed by atoms with van der Waals surface area (Å²) >= 11 is 1.18. The molecule has 0 saturated heterocycles. The zero-order chi connectivity index (χ0) is 17.0. The van der Waals surface area contributed by atoms with Gasteiger partial charge in [0, 0.05) is 16.1 Å². The average Bonchev–Trinajstić information content (AvgIpc) is 2.49. The smallest absolute Gasteiger partial charge is 0.234 e. The SMILES string of the molecule is Cc1cc(C)c(NC(=O)CSc2ccccc2C(=O)[O-])c(C)c1. The van der Waals surface area contributed by atoms with Crippen molar-refractivity contribution in [1.82, 2.24) is 0 Å². The van der Waals surface area contributed by atoms with Crippen LogP contribution in [-0.2, 0) is 4.79 Å². The molecule has 0 heterocycles. The molecule has 0 atom stereocenters. The number of hydrogen-bond donors (Lipinski definition) is 1. The van der Waals surface area contributed by atoms with Gasteiger partial charge in [0.25, 0.3) is 0 Å². The van der Waals surface area contributed by atoms with E-state index in [-0.39, 0.29) is 17.2 Å². The van der Waals surface area contributed by atoms with Gasteiger partial charge in [-0.25, -0.2) is 0 Å². The van der Waals surface area contributed by atoms with Crippen LogP contribution in [0.5, 0.6) is 0 Å². The highest BCUT2D eigenvalue weighted by Crippen LogP contribution is 2.24. The first-order valence-corrected chi connectivity index (χ1v) is 8.18. The molecular weight excluding hydrogens is 310 g/mol. The summed E-state index contributed by atoms with van der Waals surface area (Å²) in [6, 6.07) is 10.5. The molecule has 0 aliphatic heterocycles. The maximum absolute atomic E-state index is 12.2. The predicted molar refractivity (Wildman–Crippen MR) is 90.8 cm³/mol. The first-order valence-electron chi connectivity index (χ1n) is 7.19. The van der Waals surface area contributed by atoms with Crippen molar-refractivity contribution in [3.05, 3.63) is 58.7 Å². The largest absolute Gasteiger partial charge is 0.545 e. The molecule has 0 aliphatic carbocycles. The molecule has 4 nitrogen and oxygen atoms in total. The van der Waals surface area contributed by atoms with E-state index in [1.807, 2.05) is 32.9 Å². The summed E-state index contributed by atoms with van der Waals surface area (Å²) in [6.45, 7) is 5.92. The summed E-state index contributed by atoms with van der Waals surface area (Å²) in [7, 11) is 0. The fourth-order valence-electron chi connectivity index (χ4n) is 2.46. The Morgan fingerprint density at radius 2 is 1.70 bits per heavy atom. The van der Waals surface area contributed by atoms with Gasteiger partial charge in [-0.3, -0.25) is 4.79 Å². The number of benzene rings is 2. The van der Waals surface area contributed by atoms with Crippen LogP contribution in [0, 0.1) is 20.8 Å². The molecule has 0 spiro atoms. The summed E-state index contributed by atoms with van der Waals surface area (Å²) in [5.74, 6) is -1.27. The molecule has 2 aromatic carbocycles. The monoisotopic (exact) mass is 328 g/mol. The number of hydrogen-bond acceptors (Lipinski definition) is 4. The molecule has 5 heteroatoms. The molecule has 0 fully saturated rings. The van der Waals surface area contributed by atoms with Crippen molar-refractivity contribution in [3.8, 4) is 0 Å². The standard InChI is InChI=1S/C18H19NO3S/c1-11-8-12(2)17(13(3)9-11)19-16(20)10-23-15-7-5-4-6-14(15)18(21)22/h4-9H,10H2,1-3H3,(H,19,20)(H,21,22)/p-1. The summed E-state index contributed by atoms with van der Waals surface area (Å²) in [4.78, 5) is 23.7. The van der Waals surface area contributed by atoms with E-state index in [0.29, 0.717) is 4.90 Å². The van der Waals surface area contributed by atoms with E-state index in [2.05, 4.69) is 5.32 Å². The molecule has 120 valence electrons. The van der Waals surface area contributed by atoms with Gasteiger partial charge in [0.15, 0.2) is 0 Å². The lowest BCUT2D eigenvalue weighted by atomic mass is 10.1. The number of carboxylic acids is 1. The minimum absolute atomic E-state index is 0.105. The summed E-state index contributed by atoms with van der Waals surface area (Å²) in [5, 5.41) is 14.0. The average molecular weight is 328 g/mol. The van der Waals surface area contributed by atoms with Gasteiger partial charge in [-0.05, 0) is 38.0 Å². The van der Waals surface area contributed by atoms with Crippen LogP contribution in [0.2, 0.25) is 0 Å². The molecule has 0 aromatic heterocycles. The second-order valence-electron chi connectivity index (χ2n) is 5.39. The number of carbonyl (C=O) groups is 2. The lowest BCUT2D eigenvalue weighted by Crippen LogP contribution is -2.23. The first-order chi connectivity index (χ1) is 10.9. The highest BCUT2D eigenvalue weighted by Gasteiger charge is 2.10. The molecule has 1 amide bonds. The maximum atomic E-state index is 12.2. The lowest BCUT2D eigenvalue weighted by Gasteiger charge is -2.13. The Balaban J connectivity index is 2.06. The fourth-order valence-corrected chi connectivity index (χ4v) is 3.30. The van der Waals surface area contributed by atoms with Crippen LogP contribution in [-0.4, -0.2) is 17.6 Å². The van der Waals surface area contributed by atoms with Gasteiger partial charge >= 0.3 is 0 Å². The Kier molecular flexibility index (Phi) is 5.45. The lowest BCUT2D eigenvalue weighted by molar-refractivity contribution is -0.255. The Bertz CT molecular complexity index is 733. The number of aromatic carboxylic acids is 1. The number of anilines is 1. The Hall–Kier alpha value is -2.27. The third-order valence-corrected chi connectivity index (χ3v) is 4.48. The van der Waals surface area contributed by atoms with Crippen LogP contribution >= 0.6 is 11.8 Å². The van der Waals surface area contributed by atoms with E-state index < -0.39 is 5.97 Å². The molecule has 2 rings (SSSR count). The molecule has 0 unspecified atom stereocenters. The third-order valence-electron chi connectivity index (χ3n) is 3.41. The minimum atomic E-state index is -1.24. The Labute approximate surface area is 139 Å². The molecular formula is C18H18NO3S-. The van der Waals surface area contributed by atoms with E-state index in [1.165, 1.54) is 17.8 Å². The van der Waals surface area contributed by atoms with E-state index in [0.717, 1.165) is 22.4 Å². The number of thioether (sulfide) groups is 1. The quantitative estimate of drug-likeness (QED) is 0.857. The van der Waals surface area contributed by atoms with Crippen LogP contribution in [0.4, 0.5) is 5.69 Å². The van der Waals surface area contributed by atoms with Gasteiger partial charge in [-0.15, -0.1) is 11.8 Å². The molecule has 0 aliphatic rings. The first kappa shape index (κ1) is 17.1. The van der Waals surface area contributed by atoms with Crippen molar-refractivity contribution in [3.63, 3.8) is 0 Å². The zero-order valence-electron chi connectivity index (χ0n) is 13.3. The molecule has 0 radical (unpaired) electrons. The van der Waals surface area contributed by atoms with E-state index in [1.54, 1.807) is 18.2 Å². The topological polar surface area (TPSA) is 69.2 Å². The van der Waals surface area contributed by atoms with Crippen molar-refractivity contribution < 1.29 is 14.7 Å². The minimum Gasteiger partial charge on any atom is -0.545 e. The van der Waals surface area contributed by atoms with Crippen molar-refractivity contribution >= 4 is 29.3 Å². The van der Waals surface area contributed by atoms with Crippen LogP contribution in [0.25, 0.3) is 0 Å². The second-order valence-corrected chi connectivity index (χ2v) is 6.41. The second kappa shape index (κ2) is 7.33. The number of rotatable bonds is 5. The van der Waals surface area contributed by atoms with Crippen LogP contribution in [0.3, 0.4) is 0 Å². The summed E-state index contributed by atoms with van der Waals surface area (Å²) in [5.41, 5.74) is 4.09. The molecule has 23 heavy (non-hydrogen) atoms. The Morgan fingerprint density at radius 3 is 2.30 bits per heavy atom. The van der Waals surface area contributed by atoms with Gasteiger partial charge in [0.05, 0.1) is 11.7 Å². The van der Waals surface area contributed by atoms with Gasteiger partial charge in [0.2, 0.25) is 5.91 Å². The van der Waals surface area contributed by atoms with Gasteiger partial charge < -0.3 is 15.2 Å². The van der Waals surface area contributed by atoms with E-state index in [9.17, 15) is 14.7 Å². The number of amides is 1. The zero-order valence-corrected chi connectivity index (χ0v) is 14.1. The third kappa shape index (κ3) is 4.36. The van der Waals surface area contributed by atoms with E-state index in [4.69, 9.17) is 0 Å². The number of carboxylic acid groups (broad SMARTS) is 1. The molecule has 0 bridgehead atoms. The van der Waals surface area contributed by atoms with Crippen LogP contribution < -0.4 is 10.4 Å².